The Morgan fingerprint density at radius 1 is 0.309 bits per heavy atom. The normalized spacial score (nSPS) is 11.6. The van der Waals surface area contributed by atoms with Crippen molar-refractivity contribution < 1.29 is 0 Å². The van der Waals surface area contributed by atoms with Crippen LogP contribution < -0.4 is 0 Å². The van der Waals surface area contributed by atoms with Crippen LogP contribution in [0.4, 0.5) is 0 Å². The fourth-order valence-corrected chi connectivity index (χ4v) is 8.33. The first-order chi connectivity index (χ1) is 27.3. The molecule has 55 heavy (non-hydrogen) atoms. The maximum absolute atomic E-state index is 5.18. The molecule has 0 amide bonds. The lowest BCUT2D eigenvalue weighted by Crippen LogP contribution is -1.93. The molecule has 2 heterocycles. The van der Waals surface area contributed by atoms with E-state index in [0.717, 1.165) is 44.3 Å². The molecule has 0 unspecified atom stereocenters. The van der Waals surface area contributed by atoms with Crippen molar-refractivity contribution in [2.24, 2.45) is 0 Å². The molecular formula is C52H33N3. The first-order valence-electron chi connectivity index (χ1n) is 18.7. The van der Waals surface area contributed by atoms with Gasteiger partial charge in [0.05, 0.1) is 34.0 Å². The molecule has 0 saturated heterocycles. The van der Waals surface area contributed by atoms with Gasteiger partial charge in [-0.1, -0.05) is 164 Å². The Morgan fingerprint density at radius 3 is 1.27 bits per heavy atom. The quantitative estimate of drug-likeness (QED) is 0.167. The molecule has 11 rings (SSSR count). The van der Waals surface area contributed by atoms with Gasteiger partial charge >= 0.3 is 0 Å². The molecular weight excluding hydrogens is 667 g/mol. The van der Waals surface area contributed by atoms with Gasteiger partial charge in [0, 0.05) is 32.8 Å². The Labute approximate surface area is 318 Å². The van der Waals surface area contributed by atoms with E-state index in [1.165, 1.54) is 60.4 Å². The van der Waals surface area contributed by atoms with Gasteiger partial charge in [-0.2, -0.15) is 0 Å². The number of rotatable bonds is 5. The maximum Gasteiger partial charge on any atom is 0.0979 e. The fourth-order valence-electron chi connectivity index (χ4n) is 8.33. The third-order valence-electron chi connectivity index (χ3n) is 11.1. The number of nitrogens with zero attached hydrogens (tertiary/aromatic N) is 3. The number of para-hydroxylation sites is 2. The zero-order chi connectivity index (χ0) is 36.3. The second kappa shape index (κ2) is 12.6. The van der Waals surface area contributed by atoms with Crippen molar-refractivity contribution in [3.05, 3.63) is 200 Å². The number of hydrogen-bond donors (Lipinski definition) is 0. The molecule has 0 bridgehead atoms. The molecule has 0 aliphatic rings. The van der Waals surface area contributed by atoms with Gasteiger partial charge in [-0.15, -0.1) is 0 Å². The molecule has 0 spiro atoms. The number of hydrogen-bond acceptors (Lipinski definition) is 2. The largest absolute Gasteiger partial charge is 0.309 e. The Morgan fingerprint density at radius 2 is 0.727 bits per heavy atom. The molecule has 3 heteroatoms. The van der Waals surface area contributed by atoms with E-state index < -0.39 is 0 Å². The molecule has 0 N–H and O–H groups in total. The van der Waals surface area contributed by atoms with Crippen molar-refractivity contribution in [3.8, 4) is 50.3 Å². The van der Waals surface area contributed by atoms with Crippen molar-refractivity contribution in [3.63, 3.8) is 0 Å². The van der Waals surface area contributed by atoms with Crippen LogP contribution in [0.1, 0.15) is 0 Å². The number of aromatic nitrogens is 3. The van der Waals surface area contributed by atoms with Crippen molar-refractivity contribution in [1.29, 1.82) is 0 Å². The van der Waals surface area contributed by atoms with E-state index in [-0.39, 0.29) is 0 Å². The zero-order valence-corrected chi connectivity index (χ0v) is 29.9. The van der Waals surface area contributed by atoms with Gasteiger partial charge in [0.1, 0.15) is 0 Å². The predicted molar refractivity (Wildman–Crippen MR) is 231 cm³/mol. The molecule has 0 aliphatic heterocycles. The lowest BCUT2D eigenvalue weighted by Gasteiger charge is -2.11. The van der Waals surface area contributed by atoms with E-state index >= 15 is 0 Å². The van der Waals surface area contributed by atoms with Gasteiger partial charge in [-0.25, -0.2) is 4.98 Å². The van der Waals surface area contributed by atoms with Gasteiger partial charge in [0.15, 0.2) is 0 Å². The van der Waals surface area contributed by atoms with Crippen LogP contribution in [0.5, 0.6) is 0 Å². The van der Waals surface area contributed by atoms with Gasteiger partial charge in [0.25, 0.3) is 0 Å². The predicted octanol–water partition coefficient (Wildman–Crippen LogP) is 13.7. The highest BCUT2D eigenvalue weighted by Gasteiger charge is 2.14. The third-order valence-corrected chi connectivity index (χ3v) is 11.1. The number of benzene rings is 9. The van der Waals surface area contributed by atoms with E-state index in [4.69, 9.17) is 9.97 Å². The fraction of sp³-hybridized carbons (Fsp3) is 0. The van der Waals surface area contributed by atoms with E-state index in [0.29, 0.717) is 0 Å². The monoisotopic (exact) mass is 699 g/mol. The summed E-state index contributed by atoms with van der Waals surface area (Å²) >= 11 is 0. The summed E-state index contributed by atoms with van der Waals surface area (Å²) in [6, 6.07) is 69.5. The Kier molecular flexibility index (Phi) is 7.17. The van der Waals surface area contributed by atoms with Crippen molar-refractivity contribution in [2.45, 2.75) is 0 Å². The molecule has 256 valence electrons. The second-order valence-electron chi connectivity index (χ2n) is 14.2. The van der Waals surface area contributed by atoms with Gasteiger partial charge in [0.2, 0.25) is 0 Å². The highest BCUT2D eigenvalue weighted by molar-refractivity contribution is 6.23. The summed E-state index contributed by atoms with van der Waals surface area (Å²) in [6.07, 6.45) is 1.91. The van der Waals surface area contributed by atoms with Crippen LogP contribution in [0.3, 0.4) is 0 Å². The minimum atomic E-state index is 0.870. The summed E-state index contributed by atoms with van der Waals surface area (Å²) in [7, 11) is 0. The lowest BCUT2D eigenvalue weighted by atomic mass is 9.96. The average Bonchev–Trinajstić information content (AvgIpc) is 3.61. The van der Waals surface area contributed by atoms with Crippen LogP contribution in [-0.2, 0) is 0 Å². The van der Waals surface area contributed by atoms with Gasteiger partial charge < -0.3 is 4.57 Å². The summed E-state index contributed by atoms with van der Waals surface area (Å²) in [5.41, 5.74) is 14.5. The highest BCUT2D eigenvalue weighted by Crippen LogP contribution is 2.36. The van der Waals surface area contributed by atoms with Crippen molar-refractivity contribution >= 4 is 54.4 Å². The lowest BCUT2D eigenvalue weighted by molar-refractivity contribution is 1.18. The van der Waals surface area contributed by atoms with E-state index in [1.54, 1.807) is 0 Å². The molecule has 0 atom stereocenters. The van der Waals surface area contributed by atoms with Crippen LogP contribution in [0.25, 0.3) is 105 Å². The van der Waals surface area contributed by atoms with E-state index in [2.05, 4.69) is 199 Å². The number of fused-ring (bicyclic) bond motifs is 9. The summed E-state index contributed by atoms with van der Waals surface area (Å²) in [5.74, 6) is 0. The minimum Gasteiger partial charge on any atom is -0.309 e. The molecule has 3 nitrogen and oxygen atoms in total. The molecule has 0 aliphatic carbocycles. The molecule has 0 saturated carbocycles. The summed E-state index contributed by atoms with van der Waals surface area (Å²) in [4.78, 5) is 10.1. The van der Waals surface area contributed by atoms with Crippen molar-refractivity contribution in [1.82, 2.24) is 14.5 Å². The Bertz CT molecular complexity index is 3140. The SMILES string of the molecule is c1cc(-c2ccc(-c3ccc(-n4c5ccccc5c5ccccc54)cc3)cc2)cc(-c2ccc(-c3cnc4c5ccccc5c5ccccc5c4n3)cc2)c1. The average molecular weight is 700 g/mol. The van der Waals surface area contributed by atoms with Gasteiger partial charge in [-0.05, 0) is 74.5 Å². The second-order valence-corrected chi connectivity index (χ2v) is 14.2. The zero-order valence-electron chi connectivity index (χ0n) is 29.9. The van der Waals surface area contributed by atoms with E-state index in [1.807, 2.05) is 6.20 Å². The van der Waals surface area contributed by atoms with Crippen LogP contribution >= 0.6 is 0 Å². The van der Waals surface area contributed by atoms with Crippen LogP contribution in [-0.4, -0.2) is 14.5 Å². The van der Waals surface area contributed by atoms with Crippen LogP contribution in [0.2, 0.25) is 0 Å². The van der Waals surface area contributed by atoms with Crippen LogP contribution in [0.15, 0.2) is 200 Å². The summed E-state index contributed by atoms with van der Waals surface area (Å²) in [6.45, 7) is 0. The molecule has 9 aromatic carbocycles. The standard InChI is InChI=1S/C52H33N3/c1-3-16-46-42(12-1)43-13-2-4-17-47(43)52-51(46)53-33-48(54-52)38-26-24-37(25-27-38)40-11-9-10-39(32-40)36-22-20-34(21-23-36)35-28-30-41(31-29-35)55-49-18-7-5-14-44(49)45-15-6-8-19-50(45)55/h1-33H. The molecule has 0 fully saturated rings. The van der Waals surface area contributed by atoms with Gasteiger partial charge in [-0.3, -0.25) is 4.98 Å². The highest BCUT2D eigenvalue weighted by atomic mass is 15.0. The first-order valence-corrected chi connectivity index (χ1v) is 18.7. The van der Waals surface area contributed by atoms with Crippen molar-refractivity contribution in [2.75, 3.05) is 0 Å². The Balaban J connectivity index is 0.860. The maximum atomic E-state index is 5.18. The molecule has 0 radical (unpaired) electrons. The molecule has 2 aromatic heterocycles. The summed E-state index contributed by atoms with van der Waals surface area (Å²) in [5, 5.41) is 7.21. The van der Waals surface area contributed by atoms with E-state index in [9.17, 15) is 0 Å². The summed E-state index contributed by atoms with van der Waals surface area (Å²) < 4.78 is 2.36. The smallest absolute Gasteiger partial charge is 0.0979 e. The molecule has 11 aromatic rings. The Hall–Kier alpha value is -7.36. The topological polar surface area (TPSA) is 30.7 Å². The first kappa shape index (κ1) is 31.2. The minimum absolute atomic E-state index is 0.870. The third kappa shape index (κ3) is 5.20. The van der Waals surface area contributed by atoms with Crippen LogP contribution in [0, 0.1) is 0 Å².